The second kappa shape index (κ2) is 7.42. The maximum Gasteiger partial charge on any atom is 0.0541 e. The maximum atomic E-state index is 9.62. The molecule has 116 valence electrons. The molecule has 0 amide bonds. The highest BCUT2D eigenvalue weighted by Crippen LogP contribution is 2.31. The first-order chi connectivity index (χ1) is 10.3. The molecule has 1 aromatic rings. The number of aryl methyl sites for hydroxylation is 1. The quantitative estimate of drug-likeness (QED) is 0.866. The fourth-order valence-corrected chi connectivity index (χ4v) is 4.14. The van der Waals surface area contributed by atoms with E-state index in [1.54, 1.807) is 0 Å². The number of hydrogen-bond donors (Lipinski definition) is 2. The van der Waals surface area contributed by atoms with Crippen LogP contribution in [-0.4, -0.2) is 23.3 Å². The normalized spacial score (nSPS) is 33.2. The molecule has 2 unspecified atom stereocenters. The van der Waals surface area contributed by atoms with Crippen molar-refractivity contribution in [3.63, 3.8) is 0 Å². The van der Waals surface area contributed by atoms with Crippen molar-refractivity contribution in [1.82, 2.24) is 5.32 Å². The van der Waals surface area contributed by atoms with Crippen molar-refractivity contribution >= 4 is 0 Å². The fourth-order valence-electron chi connectivity index (χ4n) is 4.14. The average Bonchev–Trinajstić information content (AvgIpc) is 2.96. The molecule has 3 rings (SSSR count). The lowest BCUT2D eigenvalue weighted by Gasteiger charge is -2.31. The minimum atomic E-state index is -0.0412. The summed E-state index contributed by atoms with van der Waals surface area (Å²) in [5.41, 5.74) is 1.48. The zero-order chi connectivity index (χ0) is 14.5. The van der Waals surface area contributed by atoms with Gasteiger partial charge in [-0.05, 0) is 62.8 Å². The number of hydrogen-bond acceptors (Lipinski definition) is 2. The Morgan fingerprint density at radius 2 is 1.71 bits per heavy atom. The van der Waals surface area contributed by atoms with Crippen LogP contribution in [0.2, 0.25) is 0 Å². The molecule has 2 N–H and O–H groups in total. The minimum absolute atomic E-state index is 0.0412. The van der Waals surface area contributed by atoms with Gasteiger partial charge in [-0.1, -0.05) is 36.8 Å². The third-order valence-corrected chi connectivity index (χ3v) is 5.45. The Hall–Kier alpha value is -0.860. The monoisotopic (exact) mass is 287 g/mol. The average molecular weight is 287 g/mol. The molecular weight excluding hydrogens is 258 g/mol. The Labute approximate surface area is 129 Å². The number of rotatable bonds is 5. The maximum absolute atomic E-state index is 9.62. The molecule has 0 bridgehead atoms. The van der Waals surface area contributed by atoms with Crippen molar-refractivity contribution < 1.29 is 5.11 Å². The number of benzene rings is 1. The van der Waals surface area contributed by atoms with Crippen LogP contribution in [-0.2, 0) is 6.42 Å². The summed E-state index contributed by atoms with van der Waals surface area (Å²) in [7, 11) is 0. The molecule has 2 aliphatic rings. The standard InChI is InChI=1S/C19H29NO/c21-18-13-11-17(12-14-18)20-19-8-4-7-16(19)10-9-15-5-2-1-3-6-15/h1-3,5-6,16-21H,4,7-14H2. The van der Waals surface area contributed by atoms with Gasteiger partial charge in [-0.3, -0.25) is 0 Å². The third kappa shape index (κ3) is 4.31. The van der Waals surface area contributed by atoms with Crippen LogP contribution >= 0.6 is 0 Å². The first-order valence-corrected chi connectivity index (χ1v) is 8.79. The van der Waals surface area contributed by atoms with Crippen molar-refractivity contribution in [3.8, 4) is 0 Å². The second-order valence-corrected chi connectivity index (χ2v) is 6.99. The van der Waals surface area contributed by atoms with Crippen molar-refractivity contribution in [2.24, 2.45) is 5.92 Å². The molecule has 2 saturated carbocycles. The zero-order valence-corrected chi connectivity index (χ0v) is 13.0. The Morgan fingerprint density at radius 3 is 2.48 bits per heavy atom. The summed E-state index contributed by atoms with van der Waals surface area (Å²) in [6.45, 7) is 0. The van der Waals surface area contributed by atoms with E-state index in [-0.39, 0.29) is 6.10 Å². The van der Waals surface area contributed by atoms with E-state index < -0.39 is 0 Å². The van der Waals surface area contributed by atoms with E-state index >= 15 is 0 Å². The Morgan fingerprint density at radius 1 is 0.952 bits per heavy atom. The van der Waals surface area contributed by atoms with Gasteiger partial charge in [0.05, 0.1) is 6.10 Å². The van der Waals surface area contributed by atoms with Crippen LogP contribution in [0, 0.1) is 5.92 Å². The molecule has 0 spiro atoms. The van der Waals surface area contributed by atoms with Crippen LogP contribution in [0.1, 0.15) is 56.9 Å². The molecule has 2 atom stereocenters. The molecule has 2 nitrogen and oxygen atoms in total. The molecule has 0 saturated heterocycles. The largest absolute Gasteiger partial charge is 0.393 e. The predicted octanol–water partition coefficient (Wildman–Crippen LogP) is 3.68. The van der Waals surface area contributed by atoms with Gasteiger partial charge in [0.25, 0.3) is 0 Å². The van der Waals surface area contributed by atoms with E-state index in [2.05, 4.69) is 35.6 Å². The molecule has 0 heterocycles. The van der Waals surface area contributed by atoms with Gasteiger partial charge < -0.3 is 10.4 Å². The van der Waals surface area contributed by atoms with Gasteiger partial charge in [0.15, 0.2) is 0 Å². The first kappa shape index (κ1) is 15.1. The topological polar surface area (TPSA) is 32.3 Å². The molecule has 0 aliphatic heterocycles. The number of nitrogens with one attached hydrogen (secondary N) is 1. The van der Waals surface area contributed by atoms with Crippen LogP contribution in [0.25, 0.3) is 0 Å². The second-order valence-electron chi connectivity index (χ2n) is 6.99. The summed E-state index contributed by atoms with van der Waals surface area (Å²) in [4.78, 5) is 0. The summed E-state index contributed by atoms with van der Waals surface area (Å²) in [5, 5.41) is 13.5. The third-order valence-electron chi connectivity index (χ3n) is 5.45. The summed E-state index contributed by atoms with van der Waals surface area (Å²) in [5.74, 6) is 0.844. The number of aliphatic hydroxyl groups is 1. The SMILES string of the molecule is OC1CCC(NC2CCCC2CCc2ccccc2)CC1. The summed E-state index contributed by atoms with van der Waals surface area (Å²) in [6.07, 6.45) is 10.9. The lowest BCUT2D eigenvalue weighted by Crippen LogP contribution is -2.43. The highest BCUT2D eigenvalue weighted by Gasteiger charge is 2.30. The molecule has 2 fully saturated rings. The van der Waals surface area contributed by atoms with Crippen LogP contribution in [0.4, 0.5) is 0 Å². The molecule has 0 radical (unpaired) electrons. The lowest BCUT2D eigenvalue weighted by atomic mass is 9.90. The lowest BCUT2D eigenvalue weighted by molar-refractivity contribution is 0.112. The van der Waals surface area contributed by atoms with E-state index in [1.165, 1.54) is 37.7 Å². The van der Waals surface area contributed by atoms with Gasteiger partial charge in [-0.25, -0.2) is 0 Å². The van der Waals surface area contributed by atoms with Crippen LogP contribution in [0.5, 0.6) is 0 Å². The van der Waals surface area contributed by atoms with Crippen LogP contribution in [0.3, 0.4) is 0 Å². The zero-order valence-electron chi connectivity index (χ0n) is 13.0. The summed E-state index contributed by atoms with van der Waals surface area (Å²) < 4.78 is 0. The summed E-state index contributed by atoms with van der Waals surface area (Å²) >= 11 is 0. The Bertz CT molecular complexity index is 411. The van der Waals surface area contributed by atoms with Gasteiger partial charge in [0.1, 0.15) is 0 Å². The van der Waals surface area contributed by atoms with Gasteiger partial charge in [-0.15, -0.1) is 0 Å². The van der Waals surface area contributed by atoms with E-state index in [4.69, 9.17) is 0 Å². The van der Waals surface area contributed by atoms with Crippen LogP contribution < -0.4 is 5.32 Å². The fraction of sp³-hybridized carbons (Fsp3) is 0.684. The van der Waals surface area contributed by atoms with Gasteiger partial charge >= 0.3 is 0 Å². The number of aliphatic hydroxyl groups excluding tert-OH is 1. The Balaban J connectivity index is 1.46. The van der Waals surface area contributed by atoms with Crippen molar-refractivity contribution in [2.75, 3.05) is 0 Å². The van der Waals surface area contributed by atoms with Crippen molar-refractivity contribution in [1.29, 1.82) is 0 Å². The van der Waals surface area contributed by atoms with Gasteiger partial charge in [0.2, 0.25) is 0 Å². The van der Waals surface area contributed by atoms with Crippen LogP contribution in [0.15, 0.2) is 30.3 Å². The summed E-state index contributed by atoms with van der Waals surface area (Å²) in [6, 6.07) is 12.3. The van der Waals surface area contributed by atoms with Crippen molar-refractivity contribution in [2.45, 2.75) is 76.0 Å². The van der Waals surface area contributed by atoms with E-state index in [9.17, 15) is 5.11 Å². The predicted molar refractivity (Wildman–Crippen MR) is 87.3 cm³/mol. The molecule has 21 heavy (non-hydrogen) atoms. The highest BCUT2D eigenvalue weighted by molar-refractivity contribution is 5.14. The molecule has 1 aromatic carbocycles. The smallest absolute Gasteiger partial charge is 0.0541 e. The molecule has 2 heteroatoms. The van der Waals surface area contributed by atoms with E-state index in [1.807, 2.05) is 0 Å². The molecular formula is C19H29NO. The molecule has 0 aromatic heterocycles. The van der Waals surface area contributed by atoms with Gasteiger partial charge in [0, 0.05) is 12.1 Å². The Kier molecular flexibility index (Phi) is 5.32. The van der Waals surface area contributed by atoms with E-state index in [0.29, 0.717) is 12.1 Å². The van der Waals surface area contributed by atoms with E-state index in [0.717, 1.165) is 31.6 Å². The minimum Gasteiger partial charge on any atom is -0.393 e. The van der Waals surface area contributed by atoms with Gasteiger partial charge in [-0.2, -0.15) is 0 Å². The molecule has 2 aliphatic carbocycles. The first-order valence-electron chi connectivity index (χ1n) is 8.79. The highest BCUT2D eigenvalue weighted by atomic mass is 16.3. The van der Waals surface area contributed by atoms with Crippen molar-refractivity contribution in [3.05, 3.63) is 35.9 Å².